The van der Waals surface area contributed by atoms with Crippen LogP contribution in [0.25, 0.3) is 0 Å². The van der Waals surface area contributed by atoms with Gasteiger partial charge in [-0.2, -0.15) is 5.10 Å². The largest absolute Gasteiger partial charge is 0.478 e. The normalized spacial score (nSPS) is 10.6. The highest BCUT2D eigenvalue weighted by molar-refractivity contribution is 9.10. The lowest BCUT2D eigenvalue weighted by atomic mass is 10.2. The van der Waals surface area contributed by atoms with Crippen molar-refractivity contribution in [2.24, 2.45) is 0 Å². The Hall–Kier alpha value is -1.33. The molecule has 0 atom stereocenters. The molecule has 0 fully saturated rings. The third kappa shape index (κ3) is 2.57. The van der Waals surface area contributed by atoms with E-state index in [9.17, 15) is 4.79 Å². The molecule has 0 saturated carbocycles. The Kier molecular flexibility index (Phi) is 3.73. The number of aromatic nitrogens is 2. The molecule has 0 saturated heterocycles. The van der Waals surface area contributed by atoms with E-state index < -0.39 is 5.97 Å². The van der Waals surface area contributed by atoms with Crippen molar-refractivity contribution >= 4 is 33.5 Å². The molecule has 4 nitrogen and oxygen atoms in total. The quantitative estimate of drug-likeness (QED) is 0.939. The van der Waals surface area contributed by atoms with E-state index in [1.165, 1.54) is 6.20 Å². The van der Waals surface area contributed by atoms with Crippen LogP contribution in [0.15, 0.2) is 28.9 Å². The van der Waals surface area contributed by atoms with E-state index in [1.807, 2.05) is 12.1 Å². The summed E-state index contributed by atoms with van der Waals surface area (Å²) >= 11 is 9.45. The molecule has 1 aromatic carbocycles. The van der Waals surface area contributed by atoms with Gasteiger partial charge in [-0.3, -0.25) is 4.68 Å². The molecule has 0 aliphatic rings. The standard InChI is InChI=1S/C12H10BrClN2O2/c1-7-10(12(17)18)5-15-16(7)6-8-2-3-9(13)4-11(8)14/h2-5H,6H2,1H3,(H,17,18). The highest BCUT2D eigenvalue weighted by Crippen LogP contribution is 2.22. The molecule has 94 valence electrons. The van der Waals surface area contributed by atoms with Crippen LogP contribution in [0.1, 0.15) is 21.6 Å². The number of aromatic carboxylic acids is 1. The van der Waals surface area contributed by atoms with Crippen LogP contribution in [0.2, 0.25) is 5.02 Å². The Morgan fingerprint density at radius 1 is 1.56 bits per heavy atom. The molecule has 2 rings (SSSR count). The van der Waals surface area contributed by atoms with E-state index in [-0.39, 0.29) is 5.56 Å². The predicted molar refractivity (Wildman–Crippen MR) is 72.2 cm³/mol. The topological polar surface area (TPSA) is 55.1 Å². The molecule has 1 N–H and O–H groups in total. The number of benzene rings is 1. The van der Waals surface area contributed by atoms with Crippen LogP contribution in [0, 0.1) is 6.92 Å². The minimum atomic E-state index is -0.972. The average Bonchev–Trinajstić information content (AvgIpc) is 2.64. The van der Waals surface area contributed by atoms with E-state index in [1.54, 1.807) is 17.7 Å². The zero-order valence-electron chi connectivity index (χ0n) is 9.52. The summed E-state index contributed by atoms with van der Waals surface area (Å²) in [6.45, 7) is 2.18. The molecule has 1 heterocycles. The Labute approximate surface area is 117 Å². The first-order valence-corrected chi connectivity index (χ1v) is 6.35. The summed E-state index contributed by atoms with van der Waals surface area (Å²) in [5.41, 5.74) is 1.72. The number of hydrogen-bond acceptors (Lipinski definition) is 2. The predicted octanol–water partition coefficient (Wildman–Crippen LogP) is 3.35. The van der Waals surface area contributed by atoms with Gasteiger partial charge in [0, 0.05) is 9.50 Å². The van der Waals surface area contributed by atoms with Gasteiger partial charge in [-0.05, 0) is 24.6 Å². The summed E-state index contributed by atoms with van der Waals surface area (Å²) in [7, 11) is 0. The Balaban J connectivity index is 2.32. The summed E-state index contributed by atoms with van der Waals surface area (Å²) in [6.07, 6.45) is 1.35. The zero-order chi connectivity index (χ0) is 13.3. The number of carboxylic acids is 1. The zero-order valence-corrected chi connectivity index (χ0v) is 11.9. The van der Waals surface area contributed by atoms with Gasteiger partial charge < -0.3 is 5.11 Å². The fourth-order valence-electron chi connectivity index (χ4n) is 1.63. The van der Waals surface area contributed by atoms with Crippen LogP contribution >= 0.6 is 27.5 Å². The third-order valence-corrected chi connectivity index (χ3v) is 3.51. The maximum Gasteiger partial charge on any atom is 0.339 e. The van der Waals surface area contributed by atoms with E-state index in [4.69, 9.17) is 16.7 Å². The monoisotopic (exact) mass is 328 g/mol. The second kappa shape index (κ2) is 5.12. The van der Waals surface area contributed by atoms with E-state index >= 15 is 0 Å². The molecule has 2 aromatic rings. The van der Waals surface area contributed by atoms with Gasteiger partial charge >= 0.3 is 5.97 Å². The lowest BCUT2D eigenvalue weighted by Crippen LogP contribution is -2.06. The van der Waals surface area contributed by atoms with Crippen molar-refractivity contribution in [3.05, 3.63) is 50.7 Å². The van der Waals surface area contributed by atoms with E-state index in [0.29, 0.717) is 17.3 Å². The molecule has 0 amide bonds. The average molecular weight is 330 g/mol. The summed E-state index contributed by atoms with van der Waals surface area (Å²) in [5.74, 6) is -0.972. The highest BCUT2D eigenvalue weighted by Gasteiger charge is 2.13. The summed E-state index contributed by atoms with van der Waals surface area (Å²) in [5, 5.41) is 13.6. The van der Waals surface area contributed by atoms with Crippen molar-refractivity contribution in [2.75, 3.05) is 0 Å². The maximum absolute atomic E-state index is 10.9. The van der Waals surface area contributed by atoms with Gasteiger partial charge in [0.1, 0.15) is 5.56 Å². The Morgan fingerprint density at radius 3 is 2.83 bits per heavy atom. The SMILES string of the molecule is Cc1c(C(=O)O)cnn1Cc1ccc(Br)cc1Cl. The van der Waals surface area contributed by atoms with Crippen LogP contribution in [0.5, 0.6) is 0 Å². The van der Waals surface area contributed by atoms with Crippen molar-refractivity contribution in [1.29, 1.82) is 0 Å². The molecular formula is C12H10BrClN2O2. The van der Waals surface area contributed by atoms with Crippen molar-refractivity contribution in [1.82, 2.24) is 9.78 Å². The lowest BCUT2D eigenvalue weighted by Gasteiger charge is -2.07. The molecule has 18 heavy (non-hydrogen) atoms. The number of carbonyl (C=O) groups is 1. The molecule has 0 unspecified atom stereocenters. The number of rotatable bonds is 3. The van der Waals surface area contributed by atoms with Crippen LogP contribution in [-0.2, 0) is 6.54 Å². The van der Waals surface area contributed by atoms with Crippen LogP contribution in [0.3, 0.4) is 0 Å². The van der Waals surface area contributed by atoms with Crippen LogP contribution in [-0.4, -0.2) is 20.9 Å². The van der Waals surface area contributed by atoms with Gasteiger partial charge in [-0.1, -0.05) is 33.6 Å². The van der Waals surface area contributed by atoms with Gasteiger partial charge in [0.05, 0.1) is 18.4 Å². The maximum atomic E-state index is 10.9. The second-order valence-electron chi connectivity index (χ2n) is 3.84. The van der Waals surface area contributed by atoms with E-state index in [0.717, 1.165) is 10.0 Å². The van der Waals surface area contributed by atoms with Gasteiger partial charge in [0.2, 0.25) is 0 Å². The molecule has 1 aromatic heterocycles. The number of carboxylic acid groups (broad SMARTS) is 1. The first-order chi connectivity index (χ1) is 8.49. The minimum absolute atomic E-state index is 0.211. The summed E-state index contributed by atoms with van der Waals surface area (Å²) in [6, 6.07) is 5.57. The second-order valence-corrected chi connectivity index (χ2v) is 5.17. The Bertz CT molecular complexity index is 610. The Morgan fingerprint density at radius 2 is 2.28 bits per heavy atom. The fraction of sp³-hybridized carbons (Fsp3) is 0.167. The minimum Gasteiger partial charge on any atom is -0.478 e. The van der Waals surface area contributed by atoms with Crippen molar-refractivity contribution < 1.29 is 9.90 Å². The van der Waals surface area contributed by atoms with Gasteiger partial charge in [-0.25, -0.2) is 4.79 Å². The van der Waals surface area contributed by atoms with Gasteiger partial charge in [0.25, 0.3) is 0 Å². The molecule has 0 spiro atoms. The van der Waals surface area contributed by atoms with Crippen molar-refractivity contribution in [3.8, 4) is 0 Å². The highest BCUT2D eigenvalue weighted by atomic mass is 79.9. The first-order valence-electron chi connectivity index (χ1n) is 5.18. The fourth-order valence-corrected chi connectivity index (χ4v) is 2.36. The molecule has 0 aliphatic carbocycles. The van der Waals surface area contributed by atoms with Crippen LogP contribution in [0.4, 0.5) is 0 Å². The molecule has 0 radical (unpaired) electrons. The van der Waals surface area contributed by atoms with Crippen LogP contribution < -0.4 is 0 Å². The molecule has 6 heteroatoms. The molecular weight excluding hydrogens is 320 g/mol. The lowest BCUT2D eigenvalue weighted by molar-refractivity contribution is 0.0696. The molecule has 0 aliphatic heterocycles. The van der Waals surface area contributed by atoms with Gasteiger partial charge in [0.15, 0.2) is 0 Å². The number of hydrogen-bond donors (Lipinski definition) is 1. The molecule has 0 bridgehead atoms. The number of halogens is 2. The summed E-state index contributed by atoms with van der Waals surface area (Å²) in [4.78, 5) is 10.9. The third-order valence-electron chi connectivity index (χ3n) is 2.67. The van der Waals surface area contributed by atoms with Crippen molar-refractivity contribution in [3.63, 3.8) is 0 Å². The van der Waals surface area contributed by atoms with E-state index in [2.05, 4.69) is 21.0 Å². The number of nitrogens with zero attached hydrogens (tertiary/aromatic N) is 2. The smallest absolute Gasteiger partial charge is 0.339 e. The first kappa shape index (κ1) is 13.1. The van der Waals surface area contributed by atoms with Crippen molar-refractivity contribution in [2.45, 2.75) is 13.5 Å². The van der Waals surface area contributed by atoms with Gasteiger partial charge in [-0.15, -0.1) is 0 Å². The summed E-state index contributed by atoms with van der Waals surface area (Å²) < 4.78 is 2.53.